The van der Waals surface area contributed by atoms with E-state index >= 15 is 0 Å². The van der Waals surface area contributed by atoms with Crippen LogP contribution in [-0.2, 0) is 15.1 Å². The predicted octanol–water partition coefficient (Wildman–Crippen LogP) is 2.99. The van der Waals surface area contributed by atoms with E-state index in [2.05, 4.69) is 10.2 Å². The van der Waals surface area contributed by atoms with Crippen molar-refractivity contribution in [1.82, 2.24) is 4.90 Å². The van der Waals surface area contributed by atoms with Gasteiger partial charge in [0.05, 0.1) is 13.0 Å². The molecule has 6 heteroatoms. The summed E-state index contributed by atoms with van der Waals surface area (Å²) in [7, 11) is 3.42. The zero-order valence-electron chi connectivity index (χ0n) is 16.7. The number of nitrogens with zero attached hydrogens (tertiary/aromatic N) is 2. The quantitative estimate of drug-likeness (QED) is 0.874. The van der Waals surface area contributed by atoms with Crippen molar-refractivity contribution in [2.75, 3.05) is 30.9 Å². The highest BCUT2D eigenvalue weighted by molar-refractivity contribution is 6.11. The number of benzene rings is 2. The van der Waals surface area contributed by atoms with Gasteiger partial charge in [-0.1, -0.05) is 24.3 Å². The van der Waals surface area contributed by atoms with E-state index in [9.17, 15) is 9.59 Å². The maximum absolute atomic E-state index is 13.7. The number of hydrogen-bond donors (Lipinski definition) is 1. The first-order valence-electron chi connectivity index (χ1n) is 10.2. The number of likely N-dealkylation sites (N-methyl/N-ethyl adjacent to an activating group) is 1. The van der Waals surface area contributed by atoms with Crippen molar-refractivity contribution in [1.29, 1.82) is 0 Å². The third kappa shape index (κ3) is 2.45. The summed E-state index contributed by atoms with van der Waals surface area (Å²) in [6, 6.07) is 15.5. The Hall–Kier alpha value is -2.86. The fourth-order valence-corrected chi connectivity index (χ4v) is 5.60. The normalized spacial score (nSPS) is 27.9. The number of carbonyl (C=O) groups is 2. The fourth-order valence-electron chi connectivity index (χ4n) is 5.60. The third-order valence-electron chi connectivity index (χ3n) is 6.80. The molecule has 0 aliphatic carbocycles. The van der Waals surface area contributed by atoms with Crippen LogP contribution < -0.4 is 15.0 Å². The Labute approximate surface area is 170 Å². The van der Waals surface area contributed by atoms with Crippen molar-refractivity contribution in [3.05, 3.63) is 54.1 Å². The molecule has 3 aliphatic heterocycles. The third-order valence-corrected chi connectivity index (χ3v) is 6.80. The maximum Gasteiger partial charge on any atom is 0.252 e. The molecule has 3 aliphatic rings. The molecule has 3 unspecified atom stereocenters. The van der Waals surface area contributed by atoms with E-state index in [1.165, 1.54) is 0 Å². The number of ether oxygens (including phenoxy) is 1. The minimum Gasteiger partial charge on any atom is -0.497 e. The number of methoxy groups -OCH3 is 1. The minimum absolute atomic E-state index is 0.00823. The fraction of sp³-hybridized carbons (Fsp3) is 0.391. The van der Waals surface area contributed by atoms with E-state index in [0.717, 1.165) is 30.6 Å². The van der Waals surface area contributed by atoms with E-state index in [1.807, 2.05) is 49.5 Å². The predicted molar refractivity (Wildman–Crippen MR) is 111 cm³/mol. The van der Waals surface area contributed by atoms with Crippen LogP contribution in [0.1, 0.15) is 24.8 Å². The van der Waals surface area contributed by atoms with Crippen molar-refractivity contribution in [3.8, 4) is 5.75 Å². The van der Waals surface area contributed by atoms with Crippen LogP contribution in [-0.4, -0.2) is 43.5 Å². The molecule has 2 aromatic rings. The lowest BCUT2D eigenvalue weighted by Crippen LogP contribution is -2.55. The monoisotopic (exact) mass is 391 g/mol. The second-order valence-electron chi connectivity index (χ2n) is 8.15. The average Bonchev–Trinajstić information content (AvgIpc) is 3.38. The Morgan fingerprint density at radius 1 is 1.21 bits per heavy atom. The van der Waals surface area contributed by atoms with Gasteiger partial charge in [0.15, 0.2) is 0 Å². The molecule has 2 aromatic carbocycles. The Morgan fingerprint density at radius 2 is 2.03 bits per heavy atom. The Kier molecular flexibility index (Phi) is 4.13. The van der Waals surface area contributed by atoms with Gasteiger partial charge in [0, 0.05) is 36.1 Å². The first kappa shape index (κ1) is 18.2. The molecular formula is C23H25N3O3. The lowest BCUT2D eigenvalue weighted by atomic mass is 9.78. The first-order chi connectivity index (χ1) is 14.1. The molecule has 0 aromatic heterocycles. The summed E-state index contributed by atoms with van der Waals surface area (Å²) in [5.74, 6) is 0.157. The van der Waals surface area contributed by atoms with Crippen LogP contribution in [0.15, 0.2) is 48.5 Å². The number of carbonyl (C=O) groups excluding carboxylic acids is 2. The molecule has 0 saturated carbocycles. The summed E-state index contributed by atoms with van der Waals surface area (Å²) in [5.41, 5.74) is 1.64. The Morgan fingerprint density at radius 3 is 2.86 bits per heavy atom. The van der Waals surface area contributed by atoms with Gasteiger partial charge in [0.2, 0.25) is 5.91 Å². The van der Waals surface area contributed by atoms with E-state index in [1.54, 1.807) is 18.1 Å². The van der Waals surface area contributed by atoms with Gasteiger partial charge < -0.3 is 15.0 Å². The van der Waals surface area contributed by atoms with Gasteiger partial charge in [0.1, 0.15) is 11.3 Å². The molecule has 0 radical (unpaired) electrons. The molecule has 2 amide bonds. The number of nitrogens with one attached hydrogen (secondary N) is 1. The molecular weight excluding hydrogens is 366 g/mol. The van der Waals surface area contributed by atoms with Crippen molar-refractivity contribution >= 4 is 23.2 Å². The van der Waals surface area contributed by atoms with E-state index < -0.39 is 11.5 Å². The topological polar surface area (TPSA) is 61.9 Å². The van der Waals surface area contributed by atoms with Crippen LogP contribution in [0, 0.1) is 5.92 Å². The molecule has 2 fully saturated rings. The van der Waals surface area contributed by atoms with Crippen molar-refractivity contribution < 1.29 is 14.3 Å². The summed E-state index contributed by atoms with van der Waals surface area (Å²) < 4.78 is 5.27. The van der Waals surface area contributed by atoms with Gasteiger partial charge in [-0.05, 0) is 44.0 Å². The van der Waals surface area contributed by atoms with Gasteiger partial charge in [-0.2, -0.15) is 0 Å². The van der Waals surface area contributed by atoms with E-state index in [0.29, 0.717) is 17.9 Å². The van der Waals surface area contributed by atoms with Crippen LogP contribution in [0.4, 0.5) is 11.4 Å². The highest BCUT2D eigenvalue weighted by atomic mass is 16.5. The minimum atomic E-state index is -0.907. The van der Waals surface area contributed by atoms with Crippen molar-refractivity contribution in [2.24, 2.45) is 5.92 Å². The van der Waals surface area contributed by atoms with Crippen molar-refractivity contribution in [2.45, 2.75) is 30.8 Å². The lowest BCUT2D eigenvalue weighted by Gasteiger charge is -2.37. The molecule has 1 spiro atoms. The summed E-state index contributed by atoms with van der Waals surface area (Å²) in [4.78, 5) is 31.2. The largest absolute Gasteiger partial charge is 0.497 e. The van der Waals surface area contributed by atoms with Crippen LogP contribution in [0.5, 0.6) is 5.75 Å². The zero-order chi connectivity index (χ0) is 20.2. The SMILES string of the molecule is COc1cccc(NC(=O)C2CC3CCCN3C23C(=O)N(C)c2ccccc23)c1. The molecule has 6 nitrogen and oxygen atoms in total. The van der Waals surface area contributed by atoms with Gasteiger partial charge in [-0.15, -0.1) is 0 Å². The molecule has 150 valence electrons. The van der Waals surface area contributed by atoms with Gasteiger partial charge in [-0.3, -0.25) is 14.5 Å². The van der Waals surface area contributed by atoms with Crippen LogP contribution in [0.25, 0.3) is 0 Å². The highest BCUT2D eigenvalue weighted by Crippen LogP contribution is 2.56. The van der Waals surface area contributed by atoms with Gasteiger partial charge >= 0.3 is 0 Å². The van der Waals surface area contributed by atoms with Crippen LogP contribution in [0.3, 0.4) is 0 Å². The Balaban J connectivity index is 1.57. The first-order valence-corrected chi connectivity index (χ1v) is 10.2. The number of anilines is 2. The number of fused-ring (bicyclic) bond motifs is 4. The molecule has 2 saturated heterocycles. The summed E-state index contributed by atoms with van der Waals surface area (Å²) >= 11 is 0. The second-order valence-corrected chi connectivity index (χ2v) is 8.15. The van der Waals surface area contributed by atoms with E-state index in [4.69, 9.17) is 4.74 Å². The molecule has 3 heterocycles. The average molecular weight is 391 g/mol. The molecule has 3 atom stereocenters. The summed E-state index contributed by atoms with van der Waals surface area (Å²) in [6.07, 6.45) is 2.80. The number of rotatable bonds is 3. The summed E-state index contributed by atoms with van der Waals surface area (Å²) in [6.45, 7) is 0.849. The molecule has 29 heavy (non-hydrogen) atoms. The summed E-state index contributed by atoms with van der Waals surface area (Å²) in [5, 5.41) is 3.05. The van der Waals surface area contributed by atoms with Crippen molar-refractivity contribution in [3.63, 3.8) is 0 Å². The molecule has 0 bridgehead atoms. The smallest absolute Gasteiger partial charge is 0.252 e. The van der Waals surface area contributed by atoms with Gasteiger partial charge in [0.25, 0.3) is 5.91 Å². The standard InChI is InChI=1S/C23H25N3O3/c1-25-20-11-4-3-10-18(20)23(22(25)28)19(14-16-8-6-12-26(16)23)21(27)24-15-7-5-9-17(13-15)29-2/h3-5,7,9-11,13,16,19H,6,8,12,14H2,1-2H3,(H,24,27). The second kappa shape index (κ2) is 6.59. The number of hydrogen-bond acceptors (Lipinski definition) is 4. The maximum atomic E-state index is 13.7. The number of para-hydroxylation sites is 1. The van der Waals surface area contributed by atoms with Gasteiger partial charge in [-0.25, -0.2) is 0 Å². The Bertz CT molecular complexity index is 991. The lowest BCUT2D eigenvalue weighted by molar-refractivity contribution is -0.136. The van der Waals surface area contributed by atoms with E-state index in [-0.39, 0.29) is 17.9 Å². The molecule has 5 rings (SSSR count). The van der Waals surface area contributed by atoms with Crippen LogP contribution >= 0.6 is 0 Å². The van der Waals surface area contributed by atoms with Crippen LogP contribution in [0.2, 0.25) is 0 Å². The molecule has 1 N–H and O–H groups in total. The number of amides is 2. The zero-order valence-corrected chi connectivity index (χ0v) is 16.7. The highest BCUT2D eigenvalue weighted by Gasteiger charge is 2.66.